The van der Waals surface area contributed by atoms with Gasteiger partial charge in [0.2, 0.25) is 0 Å². The molecule has 118 valence electrons. The lowest BCUT2D eigenvalue weighted by Crippen LogP contribution is -2.33. The van der Waals surface area contributed by atoms with E-state index in [1.165, 1.54) is 5.56 Å². The molecule has 2 amide bonds. The van der Waals surface area contributed by atoms with Crippen molar-refractivity contribution in [3.63, 3.8) is 0 Å². The molecule has 22 heavy (non-hydrogen) atoms. The molecule has 0 spiro atoms. The Labute approximate surface area is 139 Å². The van der Waals surface area contributed by atoms with Gasteiger partial charge in [-0.15, -0.1) is 0 Å². The molecule has 1 heterocycles. The van der Waals surface area contributed by atoms with Crippen LogP contribution in [0.3, 0.4) is 0 Å². The van der Waals surface area contributed by atoms with Gasteiger partial charge in [0.05, 0.1) is 5.69 Å². The smallest absolute Gasteiger partial charge is 0.321 e. The summed E-state index contributed by atoms with van der Waals surface area (Å²) in [6, 6.07) is 7.42. The fraction of sp³-hybridized carbons (Fsp3) is 0.375. The average Bonchev–Trinajstić information content (AvgIpc) is 2.72. The van der Waals surface area contributed by atoms with Crippen LogP contribution in [0.1, 0.15) is 17.0 Å². The molecule has 2 rings (SSSR count). The zero-order valence-corrected chi connectivity index (χ0v) is 14.9. The molecule has 1 aromatic carbocycles. The van der Waals surface area contributed by atoms with E-state index in [0.717, 1.165) is 28.0 Å². The molecule has 6 heteroatoms. The van der Waals surface area contributed by atoms with Gasteiger partial charge in [0.25, 0.3) is 0 Å². The molecule has 0 aliphatic rings. The Morgan fingerprint density at radius 1 is 1.32 bits per heavy atom. The van der Waals surface area contributed by atoms with Crippen LogP contribution in [0.15, 0.2) is 28.7 Å². The van der Waals surface area contributed by atoms with Crippen LogP contribution in [0.5, 0.6) is 0 Å². The molecular weight excluding hydrogens is 344 g/mol. The minimum Gasteiger partial charge on any atom is -0.327 e. The van der Waals surface area contributed by atoms with Crippen molar-refractivity contribution < 1.29 is 4.79 Å². The predicted octanol–water partition coefficient (Wildman–Crippen LogP) is 3.51. The number of rotatable bonds is 4. The summed E-state index contributed by atoms with van der Waals surface area (Å²) in [5.41, 5.74) is 4.18. The highest BCUT2D eigenvalue weighted by Crippen LogP contribution is 2.15. The number of benzene rings is 1. The molecule has 0 saturated heterocycles. The number of hydrogen-bond acceptors (Lipinski definition) is 2. The van der Waals surface area contributed by atoms with Crippen LogP contribution >= 0.6 is 15.9 Å². The Morgan fingerprint density at radius 2 is 1.95 bits per heavy atom. The van der Waals surface area contributed by atoms with E-state index in [0.29, 0.717) is 6.54 Å². The van der Waals surface area contributed by atoms with Gasteiger partial charge in [-0.3, -0.25) is 4.68 Å². The summed E-state index contributed by atoms with van der Waals surface area (Å²) < 4.78 is 2.87. The number of halogens is 1. The van der Waals surface area contributed by atoms with E-state index in [9.17, 15) is 4.79 Å². The first kappa shape index (κ1) is 16.5. The molecule has 0 aliphatic carbocycles. The number of hydrogen-bond donors (Lipinski definition) is 1. The fourth-order valence-corrected chi connectivity index (χ4v) is 2.58. The predicted molar refractivity (Wildman–Crippen MR) is 92.2 cm³/mol. The molecule has 0 aliphatic heterocycles. The van der Waals surface area contributed by atoms with Crippen molar-refractivity contribution in [3.8, 4) is 0 Å². The van der Waals surface area contributed by atoms with Gasteiger partial charge in [-0.2, -0.15) is 5.10 Å². The minimum absolute atomic E-state index is 0.110. The van der Waals surface area contributed by atoms with Crippen LogP contribution in [0.25, 0.3) is 0 Å². The maximum Gasteiger partial charge on any atom is 0.321 e. The summed E-state index contributed by atoms with van der Waals surface area (Å²) in [4.78, 5) is 13.9. The monoisotopic (exact) mass is 364 g/mol. The van der Waals surface area contributed by atoms with Gasteiger partial charge in [-0.1, -0.05) is 15.9 Å². The first-order valence-electron chi connectivity index (χ1n) is 7.15. The van der Waals surface area contributed by atoms with Gasteiger partial charge < -0.3 is 10.2 Å². The summed E-state index contributed by atoms with van der Waals surface area (Å²) in [6.45, 7) is 4.71. The van der Waals surface area contributed by atoms with Crippen LogP contribution < -0.4 is 5.32 Å². The largest absolute Gasteiger partial charge is 0.327 e. The third-order valence-electron chi connectivity index (χ3n) is 3.80. The molecule has 2 aromatic rings. The first-order chi connectivity index (χ1) is 10.4. The number of carbonyl (C=O) groups is 1. The normalized spacial score (nSPS) is 10.6. The second-order valence-corrected chi connectivity index (χ2v) is 6.30. The van der Waals surface area contributed by atoms with Crippen LogP contribution in [0.2, 0.25) is 0 Å². The Kier molecular flexibility index (Phi) is 5.24. The number of amides is 2. The van der Waals surface area contributed by atoms with E-state index in [4.69, 9.17) is 0 Å². The first-order valence-corrected chi connectivity index (χ1v) is 7.94. The van der Waals surface area contributed by atoms with E-state index < -0.39 is 0 Å². The van der Waals surface area contributed by atoms with Gasteiger partial charge >= 0.3 is 6.03 Å². The molecule has 0 atom stereocenters. The molecule has 1 N–H and O–H groups in total. The Hall–Kier alpha value is -1.82. The van der Waals surface area contributed by atoms with Gasteiger partial charge in [0.1, 0.15) is 0 Å². The Bertz CT molecular complexity index is 664. The van der Waals surface area contributed by atoms with E-state index in [1.807, 2.05) is 42.9 Å². The SMILES string of the molecule is Cc1nn(C)c(C)c1CCN(C)C(=O)Nc1ccc(Br)cc1. The van der Waals surface area contributed by atoms with Crippen molar-refractivity contribution >= 4 is 27.6 Å². The highest BCUT2D eigenvalue weighted by atomic mass is 79.9. The number of likely N-dealkylation sites (N-methyl/N-ethyl adjacent to an activating group) is 1. The van der Waals surface area contributed by atoms with Crippen molar-refractivity contribution in [3.05, 3.63) is 45.7 Å². The van der Waals surface area contributed by atoms with Gasteiger partial charge in [0, 0.05) is 36.5 Å². The topological polar surface area (TPSA) is 50.2 Å². The maximum atomic E-state index is 12.2. The molecule has 5 nitrogen and oxygen atoms in total. The third-order valence-corrected chi connectivity index (χ3v) is 4.33. The van der Waals surface area contributed by atoms with Crippen molar-refractivity contribution in [1.82, 2.24) is 14.7 Å². The van der Waals surface area contributed by atoms with Gasteiger partial charge in [-0.05, 0) is 50.1 Å². The number of aromatic nitrogens is 2. The fourth-order valence-electron chi connectivity index (χ4n) is 2.31. The molecule has 0 unspecified atom stereocenters. The lowest BCUT2D eigenvalue weighted by molar-refractivity contribution is 0.223. The van der Waals surface area contributed by atoms with E-state index >= 15 is 0 Å². The Balaban J connectivity index is 1.92. The standard InChI is InChI=1S/C16H21BrN4O/c1-11-15(12(2)21(4)19-11)9-10-20(3)16(22)18-14-7-5-13(17)6-8-14/h5-8H,9-10H2,1-4H3,(H,18,22). The number of carbonyl (C=O) groups excluding carboxylic acids is 1. The highest BCUT2D eigenvalue weighted by molar-refractivity contribution is 9.10. The van der Waals surface area contributed by atoms with E-state index in [-0.39, 0.29) is 6.03 Å². The molecule has 0 fully saturated rings. The second-order valence-electron chi connectivity index (χ2n) is 5.38. The zero-order chi connectivity index (χ0) is 16.3. The number of urea groups is 1. The van der Waals surface area contributed by atoms with Crippen molar-refractivity contribution in [2.75, 3.05) is 18.9 Å². The maximum absolute atomic E-state index is 12.2. The molecule has 0 radical (unpaired) electrons. The summed E-state index contributed by atoms with van der Waals surface area (Å²) in [5.74, 6) is 0. The van der Waals surface area contributed by atoms with Gasteiger partial charge in [-0.25, -0.2) is 4.79 Å². The Morgan fingerprint density at radius 3 is 2.50 bits per heavy atom. The van der Waals surface area contributed by atoms with E-state index in [1.54, 1.807) is 11.9 Å². The zero-order valence-electron chi connectivity index (χ0n) is 13.4. The van der Waals surface area contributed by atoms with Crippen LogP contribution in [0.4, 0.5) is 10.5 Å². The summed E-state index contributed by atoms with van der Waals surface area (Å²) in [7, 11) is 3.74. The lowest BCUT2D eigenvalue weighted by atomic mass is 10.1. The number of nitrogens with zero attached hydrogens (tertiary/aromatic N) is 3. The van der Waals surface area contributed by atoms with Crippen molar-refractivity contribution in [2.45, 2.75) is 20.3 Å². The number of aryl methyl sites for hydroxylation is 2. The third kappa shape index (κ3) is 3.88. The second kappa shape index (κ2) is 6.96. The molecule has 1 aromatic heterocycles. The molecule has 0 saturated carbocycles. The van der Waals surface area contributed by atoms with Crippen LogP contribution in [-0.4, -0.2) is 34.3 Å². The molecular formula is C16H21BrN4O. The van der Waals surface area contributed by atoms with E-state index in [2.05, 4.69) is 33.3 Å². The number of anilines is 1. The van der Waals surface area contributed by atoms with Gasteiger partial charge in [0.15, 0.2) is 0 Å². The lowest BCUT2D eigenvalue weighted by Gasteiger charge is -2.18. The summed E-state index contributed by atoms with van der Waals surface area (Å²) in [5, 5.41) is 7.29. The minimum atomic E-state index is -0.110. The highest BCUT2D eigenvalue weighted by Gasteiger charge is 2.13. The summed E-state index contributed by atoms with van der Waals surface area (Å²) >= 11 is 3.38. The quantitative estimate of drug-likeness (QED) is 0.902. The van der Waals surface area contributed by atoms with Crippen LogP contribution in [-0.2, 0) is 13.5 Å². The van der Waals surface area contributed by atoms with Crippen LogP contribution in [0, 0.1) is 13.8 Å². The summed E-state index contributed by atoms with van der Waals surface area (Å²) in [6.07, 6.45) is 0.801. The number of nitrogens with one attached hydrogen (secondary N) is 1. The molecule has 0 bridgehead atoms. The average molecular weight is 365 g/mol. The van der Waals surface area contributed by atoms with Crippen molar-refractivity contribution in [2.24, 2.45) is 7.05 Å². The van der Waals surface area contributed by atoms with Crippen molar-refractivity contribution in [1.29, 1.82) is 0 Å².